The lowest BCUT2D eigenvalue weighted by atomic mass is 9.78. The van der Waals surface area contributed by atoms with Crippen molar-refractivity contribution in [1.82, 2.24) is 14.5 Å². The second kappa shape index (κ2) is 7.25. The summed E-state index contributed by atoms with van der Waals surface area (Å²) in [4.78, 5) is 20.9. The van der Waals surface area contributed by atoms with Crippen LogP contribution in [-0.2, 0) is 4.79 Å². The van der Waals surface area contributed by atoms with Crippen LogP contribution in [-0.4, -0.2) is 26.0 Å². The Morgan fingerprint density at radius 1 is 1.31 bits per heavy atom. The number of carbonyl (C=O) groups is 1. The van der Waals surface area contributed by atoms with E-state index in [1.54, 1.807) is 25.5 Å². The summed E-state index contributed by atoms with van der Waals surface area (Å²) in [7, 11) is 0. The Balaban J connectivity index is 0.000000948. The smallest absolute Gasteiger partial charge is 0.213 e. The lowest BCUT2D eigenvalue weighted by Gasteiger charge is -2.30. The molecule has 2 aliphatic rings. The molecular weight excluding hydrogens is 336 g/mol. The van der Waals surface area contributed by atoms with E-state index in [2.05, 4.69) is 9.97 Å². The predicted octanol–water partition coefficient (Wildman–Crippen LogP) is 4.89. The molecule has 4 nitrogen and oxygen atoms in total. The minimum absolute atomic E-state index is 0.106. The third-order valence-corrected chi connectivity index (χ3v) is 5.36. The quantitative estimate of drug-likeness (QED) is 0.731. The highest BCUT2D eigenvalue weighted by molar-refractivity contribution is 5.83. The van der Waals surface area contributed by atoms with Gasteiger partial charge in [-0.2, -0.15) is 4.39 Å². The van der Waals surface area contributed by atoms with Crippen molar-refractivity contribution in [3.63, 3.8) is 0 Å². The summed E-state index contributed by atoms with van der Waals surface area (Å²) in [5, 5.41) is 0. The van der Waals surface area contributed by atoms with Crippen LogP contribution in [0.3, 0.4) is 0 Å². The van der Waals surface area contributed by atoms with E-state index in [9.17, 15) is 13.6 Å². The average Bonchev–Trinajstić information content (AvgIpc) is 3.19. The molecule has 1 saturated carbocycles. The molecule has 1 atom stereocenters. The van der Waals surface area contributed by atoms with Crippen molar-refractivity contribution in [2.75, 3.05) is 0 Å². The van der Waals surface area contributed by atoms with Gasteiger partial charge in [-0.05, 0) is 44.7 Å². The van der Waals surface area contributed by atoms with Gasteiger partial charge in [0.2, 0.25) is 5.95 Å². The van der Waals surface area contributed by atoms with Crippen molar-refractivity contribution in [3.05, 3.63) is 36.3 Å². The van der Waals surface area contributed by atoms with Gasteiger partial charge in [-0.15, -0.1) is 0 Å². The van der Waals surface area contributed by atoms with Crippen LogP contribution in [0.1, 0.15) is 64.6 Å². The molecule has 140 valence electrons. The van der Waals surface area contributed by atoms with Crippen LogP contribution in [0.4, 0.5) is 8.78 Å². The van der Waals surface area contributed by atoms with Gasteiger partial charge in [0.05, 0.1) is 30.0 Å². The Labute approximate surface area is 152 Å². The zero-order valence-corrected chi connectivity index (χ0v) is 15.5. The van der Waals surface area contributed by atoms with E-state index < -0.39 is 11.6 Å². The minimum Gasteiger partial charge on any atom is -0.321 e. The Bertz CT molecular complexity index is 790. The van der Waals surface area contributed by atoms with Crippen molar-refractivity contribution in [2.24, 2.45) is 5.92 Å². The highest BCUT2D eigenvalue weighted by atomic mass is 19.1. The number of pyridine rings is 1. The van der Waals surface area contributed by atoms with Crippen molar-refractivity contribution in [1.29, 1.82) is 0 Å². The highest BCUT2D eigenvalue weighted by Crippen LogP contribution is 2.42. The van der Waals surface area contributed by atoms with E-state index in [0.717, 1.165) is 11.3 Å². The molecule has 1 unspecified atom stereocenters. The third kappa shape index (κ3) is 3.41. The maximum absolute atomic E-state index is 13.9. The van der Waals surface area contributed by atoms with Crippen LogP contribution in [0.15, 0.2) is 24.7 Å². The van der Waals surface area contributed by atoms with Crippen molar-refractivity contribution >= 4 is 5.78 Å². The number of carbonyl (C=O) groups excluding carboxylic acids is 1. The molecular formula is C20H25F2N3O. The first kappa shape index (κ1) is 18.7. The molecule has 0 amide bonds. The van der Waals surface area contributed by atoms with Crippen LogP contribution in [0, 0.1) is 11.9 Å². The monoisotopic (exact) mass is 361 g/mol. The number of Topliss-reactive ketones (excluding diaryl/α,β-unsaturated/α-hetero) is 1. The number of hydrogen-bond acceptors (Lipinski definition) is 3. The molecule has 3 heterocycles. The van der Waals surface area contributed by atoms with Gasteiger partial charge in [-0.25, -0.2) is 14.4 Å². The van der Waals surface area contributed by atoms with Crippen LogP contribution in [0.25, 0.3) is 11.3 Å². The molecule has 2 aromatic rings. The van der Waals surface area contributed by atoms with E-state index in [1.807, 2.05) is 18.4 Å². The number of halogens is 2. The molecule has 0 aromatic carbocycles. The summed E-state index contributed by atoms with van der Waals surface area (Å²) < 4.78 is 29.4. The number of fused-ring (bicyclic) bond motifs is 3. The maximum Gasteiger partial charge on any atom is 0.213 e. The lowest BCUT2D eigenvalue weighted by Crippen LogP contribution is -2.30. The molecule has 0 spiro atoms. The van der Waals surface area contributed by atoms with E-state index in [4.69, 9.17) is 0 Å². The zero-order valence-electron chi connectivity index (χ0n) is 15.5. The van der Waals surface area contributed by atoms with Crippen molar-refractivity contribution in [3.8, 4) is 11.3 Å². The second-order valence-electron chi connectivity index (χ2n) is 7.13. The largest absolute Gasteiger partial charge is 0.321 e. The summed E-state index contributed by atoms with van der Waals surface area (Å²) in [5.74, 6) is -0.553. The molecule has 0 N–H and O–H groups in total. The molecule has 6 heteroatoms. The Kier molecular flexibility index (Phi) is 5.21. The molecule has 2 aromatic heterocycles. The van der Waals surface area contributed by atoms with Crippen LogP contribution >= 0.6 is 0 Å². The summed E-state index contributed by atoms with van der Waals surface area (Å²) in [5.41, 5.74) is 1.12. The average molecular weight is 361 g/mol. The minimum atomic E-state index is -1.15. The molecule has 0 radical (unpaired) electrons. The first-order chi connectivity index (χ1) is 12.4. The van der Waals surface area contributed by atoms with Crippen molar-refractivity contribution in [2.45, 2.75) is 64.6 Å². The van der Waals surface area contributed by atoms with E-state index in [1.165, 1.54) is 6.07 Å². The Morgan fingerprint density at radius 2 is 2.00 bits per heavy atom. The number of nitrogens with zero attached hydrogens (tertiary/aromatic N) is 3. The van der Waals surface area contributed by atoms with Gasteiger partial charge in [0.25, 0.3) is 0 Å². The zero-order chi connectivity index (χ0) is 18.9. The third-order valence-electron chi connectivity index (χ3n) is 5.36. The fourth-order valence-corrected chi connectivity index (χ4v) is 3.91. The van der Waals surface area contributed by atoms with Crippen LogP contribution in [0.5, 0.6) is 0 Å². The Hall–Kier alpha value is -2.11. The summed E-state index contributed by atoms with van der Waals surface area (Å²) in [6.07, 6.45) is 5.63. The number of aromatic nitrogens is 3. The highest BCUT2D eigenvalue weighted by Gasteiger charge is 2.37. The summed E-state index contributed by atoms with van der Waals surface area (Å²) >= 11 is 0. The fraction of sp³-hybridized carbons (Fsp3) is 0.550. The summed E-state index contributed by atoms with van der Waals surface area (Å²) in [6.45, 7) is 5.60. The van der Waals surface area contributed by atoms with Gasteiger partial charge < -0.3 is 4.57 Å². The van der Waals surface area contributed by atoms with Crippen LogP contribution in [0.2, 0.25) is 0 Å². The van der Waals surface area contributed by atoms with E-state index in [-0.39, 0.29) is 24.2 Å². The van der Waals surface area contributed by atoms with Gasteiger partial charge in [0.15, 0.2) is 0 Å². The SMILES string of the molecule is CC.CC1(F)CCC(C(=O)CC2c3nc(F)ccc3-c3cncn32)CC1. The van der Waals surface area contributed by atoms with Gasteiger partial charge in [0, 0.05) is 17.9 Å². The molecule has 26 heavy (non-hydrogen) atoms. The Morgan fingerprint density at radius 3 is 2.69 bits per heavy atom. The molecule has 0 bridgehead atoms. The first-order valence-corrected chi connectivity index (χ1v) is 9.35. The van der Waals surface area contributed by atoms with E-state index in [0.29, 0.717) is 31.4 Å². The standard InChI is InChI=1S/C18H19F2N3O.C2H6/c1-18(20)6-4-11(5-7-18)15(24)8-13-17-12(2-3-16(19)22-17)14-9-21-10-23(13)14;1-2/h2-3,9-11,13H,4-8H2,1H3;1-2H3. The fourth-order valence-electron chi connectivity index (χ4n) is 3.91. The number of alkyl halides is 1. The molecule has 1 aliphatic heterocycles. The number of hydrogen-bond donors (Lipinski definition) is 0. The van der Waals surface area contributed by atoms with Gasteiger partial charge >= 0.3 is 0 Å². The van der Waals surface area contributed by atoms with Gasteiger partial charge in [-0.1, -0.05) is 13.8 Å². The number of rotatable bonds is 3. The molecule has 1 fully saturated rings. The van der Waals surface area contributed by atoms with Gasteiger partial charge in [0.1, 0.15) is 11.5 Å². The number of ketones is 1. The van der Waals surface area contributed by atoms with Crippen LogP contribution < -0.4 is 0 Å². The predicted molar refractivity (Wildman–Crippen MR) is 96.0 cm³/mol. The number of imidazole rings is 1. The lowest BCUT2D eigenvalue weighted by molar-refractivity contribution is -0.125. The second-order valence-corrected chi connectivity index (χ2v) is 7.13. The molecule has 4 rings (SSSR count). The topological polar surface area (TPSA) is 47.8 Å². The molecule has 1 aliphatic carbocycles. The van der Waals surface area contributed by atoms with Crippen molar-refractivity contribution < 1.29 is 13.6 Å². The normalized spacial score (nSPS) is 26.5. The van der Waals surface area contributed by atoms with E-state index >= 15 is 0 Å². The maximum atomic E-state index is 13.9. The first-order valence-electron chi connectivity index (χ1n) is 9.35. The van der Waals surface area contributed by atoms with Gasteiger partial charge in [-0.3, -0.25) is 4.79 Å². The summed E-state index contributed by atoms with van der Waals surface area (Å²) in [6, 6.07) is 2.69. The molecule has 0 saturated heterocycles.